The van der Waals surface area contributed by atoms with E-state index >= 15 is 0 Å². The Morgan fingerprint density at radius 3 is 2.55 bits per heavy atom. The third-order valence-electron chi connectivity index (χ3n) is 2.79. The van der Waals surface area contributed by atoms with Crippen LogP contribution in [0.25, 0.3) is 0 Å². The predicted molar refractivity (Wildman–Crippen MR) is 96.2 cm³/mol. The van der Waals surface area contributed by atoms with Crippen molar-refractivity contribution in [2.75, 3.05) is 19.7 Å². The first kappa shape index (κ1) is 19.0. The number of halogens is 1. The van der Waals surface area contributed by atoms with Crippen LogP contribution < -0.4 is 15.8 Å². The number of rotatable bonds is 7. The summed E-state index contributed by atoms with van der Waals surface area (Å²) in [7, 11) is 0. The Labute approximate surface area is 139 Å². The van der Waals surface area contributed by atoms with E-state index in [9.17, 15) is 0 Å². The van der Waals surface area contributed by atoms with Gasteiger partial charge in [0.2, 0.25) is 0 Å². The first-order valence-corrected chi connectivity index (χ1v) is 6.88. The molecule has 0 saturated carbocycles. The van der Waals surface area contributed by atoms with E-state index < -0.39 is 0 Å². The minimum absolute atomic E-state index is 0. The number of para-hydroxylation sites is 1. The van der Waals surface area contributed by atoms with Crippen molar-refractivity contribution in [3.8, 4) is 5.75 Å². The maximum atomic E-state index is 5.81. The van der Waals surface area contributed by atoms with Crippen LogP contribution >= 0.6 is 24.0 Å². The number of hydrogen-bond acceptors (Lipinski definition) is 2. The van der Waals surface area contributed by atoms with E-state index in [1.807, 2.05) is 6.07 Å². The number of nitrogens with one attached hydrogen (secondary N) is 1. The second kappa shape index (κ2) is 10.8. The lowest BCUT2D eigenvalue weighted by Crippen LogP contribution is -2.33. The summed E-state index contributed by atoms with van der Waals surface area (Å²) in [4.78, 5) is 4.17. The Bertz CT molecular complexity index is 401. The molecular formula is C15H26IN3O. The van der Waals surface area contributed by atoms with Crippen LogP contribution in [-0.4, -0.2) is 25.7 Å². The molecule has 0 atom stereocenters. The van der Waals surface area contributed by atoms with Gasteiger partial charge in [0, 0.05) is 13.1 Å². The normalized spacial score (nSPS) is 10.8. The van der Waals surface area contributed by atoms with Crippen LogP contribution in [0.5, 0.6) is 5.75 Å². The van der Waals surface area contributed by atoms with Crippen molar-refractivity contribution >= 4 is 29.9 Å². The smallest absolute Gasteiger partial charge is 0.188 e. The second-order valence-electron chi connectivity index (χ2n) is 4.62. The molecule has 0 aromatic heterocycles. The maximum absolute atomic E-state index is 5.81. The third kappa shape index (κ3) is 6.98. The van der Waals surface area contributed by atoms with E-state index in [4.69, 9.17) is 10.5 Å². The van der Waals surface area contributed by atoms with Crippen molar-refractivity contribution in [1.29, 1.82) is 0 Å². The standard InChI is InChI=1S/C15H25N3O.HI/c1-4-9-17-15(16)18-10-6-11-19-14-12(2)7-5-8-13(14)3;/h5,7-8H,4,6,9-11H2,1-3H3,(H3,16,17,18);1H. The molecule has 0 amide bonds. The fourth-order valence-electron chi connectivity index (χ4n) is 1.78. The van der Waals surface area contributed by atoms with Crippen LogP contribution in [0.4, 0.5) is 0 Å². The highest BCUT2D eigenvalue weighted by atomic mass is 127. The van der Waals surface area contributed by atoms with Gasteiger partial charge in [0.15, 0.2) is 5.96 Å². The van der Waals surface area contributed by atoms with Gasteiger partial charge in [-0.3, -0.25) is 4.99 Å². The summed E-state index contributed by atoms with van der Waals surface area (Å²) < 4.78 is 5.81. The van der Waals surface area contributed by atoms with Crippen molar-refractivity contribution in [1.82, 2.24) is 5.32 Å². The highest BCUT2D eigenvalue weighted by Crippen LogP contribution is 2.22. The number of nitrogens with zero attached hydrogens (tertiary/aromatic N) is 1. The molecule has 0 aliphatic rings. The molecule has 5 heteroatoms. The summed E-state index contributed by atoms with van der Waals surface area (Å²) in [6.45, 7) is 8.45. The fourth-order valence-corrected chi connectivity index (χ4v) is 1.78. The largest absolute Gasteiger partial charge is 0.493 e. The number of nitrogens with two attached hydrogens (primary N) is 1. The summed E-state index contributed by atoms with van der Waals surface area (Å²) in [6.07, 6.45) is 1.91. The van der Waals surface area contributed by atoms with Gasteiger partial charge in [0.05, 0.1) is 6.61 Å². The molecule has 114 valence electrons. The zero-order valence-corrected chi connectivity index (χ0v) is 14.9. The van der Waals surface area contributed by atoms with Crippen LogP contribution in [0.1, 0.15) is 30.9 Å². The van der Waals surface area contributed by atoms with Crippen molar-refractivity contribution in [3.05, 3.63) is 29.3 Å². The highest BCUT2D eigenvalue weighted by molar-refractivity contribution is 14.0. The van der Waals surface area contributed by atoms with E-state index in [1.165, 1.54) is 11.1 Å². The third-order valence-corrected chi connectivity index (χ3v) is 2.79. The topological polar surface area (TPSA) is 59.6 Å². The monoisotopic (exact) mass is 391 g/mol. The molecule has 0 fully saturated rings. The van der Waals surface area contributed by atoms with Gasteiger partial charge in [0.1, 0.15) is 5.75 Å². The lowest BCUT2D eigenvalue weighted by molar-refractivity contribution is 0.307. The average Bonchev–Trinajstić information content (AvgIpc) is 2.39. The van der Waals surface area contributed by atoms with E-state index in [-0.39, 0.29) is 24.0 Å². The Kier molecular flexibility index (Phi) is 10.2. The molecule has 1 aromatic rings. The molecule has 3 N–H and O–H groups in total. The molecule has 4 nitrogen and oxygen atoms in total. The number of ether oxygens (including phenoxy) is 1. The lowest BCUT2D eigenvalue weighted by atomic mass is 10.1. The molecule has 0 unspecified atom stereocenters. The summed E-state index contributed by atoms with van der Waals surface area (Å²) >= 11 is 0. The molecule has 1 rings (SSSR count). The Morgan fingerprint density at radius 2 is 1.95 bits per heavy atom. The van der Waals surface area contributed by atoms with Gasteiger partial charge >= 0.3 is 0 Å². The van der Waals surface area contributed by atoms with E-state index in [1.54, 1.807) is 0 Å². The van der Waals surface area contributed by atoms with Crippen LogP contribution in [0, 0.1) is 13.8 Å². The predicted octanol–water partition coefficient (Wildman–Crippen LogP) is 3.00. The van der Waals surface area contributed by atoms with Crippen molar-refractivity contribution in [3.63, 3.8) is 0 Å². The highest BCUT2D eigenvalue weighted by Gasteiger charge is 2.02. The van der Waals surface area contributed by atoms with Crippen LogP contribution in [0.15, 0.2) is 23.2 Å². The number of guanidine groups is 1. The van der Waals surface area contributed by atoms with Crippen LogP contribution in [0.2, 0.25) is 0 Å². The zero-order chi connectivity index (χ0) is 14.1. The summed E-state index contributed by atoms with van der Waals surface area (Å²) in [6, 6.07) is 6.18. The number of aryl methyl sites for hydroxylation is 2. The van der Waals surface area contributed by atoms with Crippen LogP contribution in [0.3, 0.4) is 0 Å². The van der Waals surface area contributed by atoms with Gasteiger partial charge in [-0.1, -0.05) is 25.1 Å². The van der Waals surface area contributed by atoms with Crippen molar-refractivity contribution < 1.29 is 4.74 Å². The molecule has 0 aliphatic heterocycles. The Hall–Kier alpha value is -0.980. The SMILES string of the molecule is CCCN=C(N)NCCCOc1c(C)cccc1C.I. The minimum atomic E-state index is 0. The van der Waals surface area contributed by atoms with Gasteiger partial charge in [0.25, 0.3) is 0 Å². The van der Waals surface area contributed by atoms with Gasteiger partial charge in [-0.05, 0) is 37.8 Å². The Morgan fingerprint density at radius 1 is 1.30 bits per heavy atom. The number of aliphatic imine (C=N–C) groups is 1. The minimum Gasteiger partial charge on any atom is -0.493 e. The lowest BCUT2D eigenvalue weighted by Gasteiger charge is -2.12. The molecule has 0 aliphatic carbocycles. The van der Waals surface area contributed by atoms with Gasteiger partial charge in [-0.15, -0.1) is 24.0 Å². The number of hydrogen-bond donors (Lipinski definition) is 2. The Balaban J connectivity index is 0.00000361. The zero-order valence-electron chi connectivity index (χ0n) is 12.6. The molecule has 0 heterocycles. The molecular weight excluding hydrogens is 365 g/mol. The van der Waals surface area contributed by atoms with Gasteiger partial charge in [-0.25, -0.2) is 0 Å². The average molecular weight is 391 g/mol. The maximum Gasteiger partial charge on any atom is 0.188 e. The van der Waals surface area contributed by atoms with Crippen LogP contribution in [-0.2, 0) is 0 Å². The summed E-state index contributed by atoms with van der Waals surface area (Å²) in [5, 5.41) is 3.08. The second-order valence-corrected chi connectivity index (χ2v) is 4.62. The van der Waals surface area contributed by atoms with E-state index in [0.29, 0.717) is 12.6 Å². The first-order chi connectivity index (χ1) is 9.15. The van der Waals surface area contributed by atoms with Gasteiger partial charge in [-0.2, -0.15) is 0 Å². The van der Waals surface area contributed by atoms with Crippen molar-refractivity contribution in [2.45, 2.75) is 33.6 Å². The molecule has 20 heavy (non-hydrogen) atoms. The van der Waals surface area contributed by atoms with Crippen molar-refractivity contribution in [2.24, 2.45) is 10.7 Å². The van der Waals surface area contributed by atoms with E-state index in [2.05, 4.69) is 43.2 Å². The molecule has 0 spiro atoms. The molecule has 0 bridgehead atoms. The fraction of sp³-hybridized carbons (Fsp3) is 0.533. The first-order valence-electron chi connectivity index (χ1n) is 6.88. The van der Waals surface area contributed by atoms with E-state index in [0.717, 1.165) is 31.7 Å². The quantitative estimate of drug-likeness (QED) is 0.325. The number of benzene rings is 1. The molecule has 0 saturated heterocycles. The van der Waals surface area contributed by atoms with Gasteiger partial charge < -0.3 is 15.8 Å². The molecule has 1 aromatic carbocycles. The summed E-state index contributed by atoms with van der Waals surface area (Å²) in [5.74, 6) is 1.52. The summed E-state index contributed by atoms with van der Waals surface area (Å²) in [5.41, 5.74) is 8.05. The molecule has 0 radical (unpaired) electrons.